The number of nitrogens with zero attached hydrogens (tertiary/aromatic N) is 1. The van der Waals surface area contributed by atoms with Gasteiger partial charge in [-0.2, -0.15) is 0 Å². The normalized spacial score (nSPS) is 18.6. The Labute approximate surface area is 127 Å². The van der Waals surface area contributed by atoms with Crippen LogP contribution in [0.25, 0.3) is 0 Å². The Morgan fingerprint density at radius 2 is 2.20 bits per heavy atom. The summed E-state index contributed by atoms with van der Waals surface area (Å²) >= 11 is 6.09. The van der Waals surface area contributed by atoms with E-state index in [4.69, 9.17) is 18.0 Å². The molecule has 20 heavy (non-hydrogen) atoms. The van der Waals surface area contributed by atoms with E-state index in [1.54, 1.807) is 0 Å². The van der Waals surface area contributed by atoms with E-state index in [9.17, 15) is 0 Å². The zero-order valence-corrected chi connectivity index (χ0v) is 12.9. The van der Waals surface area contributed by atoms with Crippen LogP contribution in [0.1, 0.15) is 37.8 Å². The second-order valence-corrected chi connectivity index (χ2v) is 5.87. The fourth-order valence-corrected chi connectivity index (χ4v) is 3.04. The molecule has 1 fully saturated rings. The predicted molar refractivity (Wildman–Crippen MR) is 85.9 cm³/mol. The summed E-state index contributed by atoms with van der Waals surface area (Å²) in [7, 11) is 0. The summed E-state index contributed by atoms with van der Waals surface area (Å²) in [5.74, 6) is 2.73. The first-order valence-electron chi connectivity index (χ1n) is 7.40. The van der Waals surface area contributed by atoms with Gasteiger partial charge in [-0.05, 0) is 37.0 Å². The maximum absolute atomic E-state index is 6.09. The Balaban J connectivity index is 1.90. The van der Waals surface area contributed by atoms with Crippen LogP contribution in [-0.4, -0.2) is 30.6 Å². The number of rotatable bonds is 5. The third-order valence-corrected chi connectivity index (χ3v) is 4.23. The van der Waals surface area contributed by atoms with Gasteiger partial charge in [-0.25, -0.2) is 0 Å². The third-order valence-electron chi connectivity index (χ3n) is 4.00. The average Bonchev–Trinajstić information content (AvgIpc) is 2.47. The highest BCUT2D eigenvalue weighted by molar-refractivity contribution is 6.30. The van der Waals surface area contributed by atoms with Crippen LogP contribution in [0.15, 0.2) is 24.3 Å². The van der Waals surface area contributed by atoms with Crippen LogP contribution in [0.2, 0.25) is 5.02 Å². The van der Waals surface area contributed by atoms with Crippen molar-refractivity contribution in [3.05, 3.63) is 34.9 Å². The zero-order chi connectivity index (χ0) is 14.4. The molecule has 1 saturated heterocycles. The highest BCUT2D eigenvalue weighted by Gasteiger charge is 2.21. The first-order chi connectivity index (χ1) is 9.72. The molecule has 1 aromatic rings. The topological polar surface area (TPSA) is 15.3 Å². The second kappa shape index (κ2) is 7.69. The molecule has 1 unspecified atom stereocenters. The zero-order valence-electron chi connectivity index (χ0n) is 12.1. The maximum Gasteiger partial charge on any atom is 0.0598 e. The predicted octanol–water partition coefficient (Wildman–Crippen LogP) is 3.48. The van der Waals surface area contributed by atoms with Crippen LogP contribution in [0.5, 0.6) is 0 Å². The molecule has 0 spiro atoms. The Morgan fingerprint density at radius 1 is 1.45 bits per heavy atom. The van der Waals surface area contributed by atoms with Gasteiger partial charge in [0.1, 0.15) is 0 Å². The largest absolute Gasteiger partial charge is 0.307 e. The van der Waals surface area contributed by atoms with Gasteiger partial charge in [0.25, 0.3) is 0 Å². The Hall–Kier alpha value is -1.01. The van der Waals surface area contributed by atoms with E-state index in [0.29, 0.717) is 12.1 Å². The van der Waals surface area contributed by atoms with Crippen molar-refractivity contribution in [1.82, 2.24) is 10.2 Å². The summed E-state index contributed by atoms with van der Waals surface area (Å²) in [6.45, 7) is 5.17. The summed E-state index contributed by atoms with van der Waals surface area (Å²) in [5, 5.41) is 4.59. The summed E-state index contributed by atoms with van der Waals surface area (Å²) < 4.78 is 0. The molecule has 108 valence electrons. The van der Waals surface area contributed by atoms with E-state index < -0.39 is 0 Å². The molecule has 3 heteroatoms. The minimum absolute atomic E-state index is 0.387. The van der Waals surface area contributed by atoms with E-state index in [1.807, 2.05) is 12.1 Å². The van der Waals surface area contributed by atoms with Gasteiger partial charge in [-0.1, -0.05) is 36.6 Å². The molecule has 0 radical (unpaired) electrons. The van der Waals surface area contributed by atoms with E-state index in [0.717, 1.165) is 31.1 Å². The quantitative estimate of drug-likeness (QED) is 0.835. The Kier molecular flexibility index (Phi) is 5.91. The summed E-state index contributed by atoms with van der Waals surface area (Å²) in [4.78, 5) is 2.35. The van der Waals surface area contributed by atoms with Crippen LogP contribution in [-0.2, 0) is 0 Å². The molecule has 1 aliphatic rings. The van der Waals surface area contributed by atoms with Gasteiger partial charge >= 0.3 is 0 Å². The van der Waals surface area contributed by atoms with Gasteiger partial charge in [0, 0.05) is 30.2 Å². The van der Waals surface area contributed by atoms with Crippen LogP contribution in [0.3, 0.4) is 0 Å². The van der Waals surface area contributed by atoms with Crippen molar-refractivity contribution in [3.8, 4) is 12.3 Å². The second-order valence-electron chi connectivity index (χ2n) is 5.44. The molecule has 1 atom stereocenters. The molecule has 1 aliphatic heterocycles. The number of nitrogens with one attached hydrogen (secondary N) is 1. The lowest BCUT2D eigenvalue weighted by molar-refractivity contribution is 0.208. The molecule has 2 nitrogen and oxygen atoms in total. The molecular weight excluding hydrogens is 268 g/mol. The molecule has 0 saturated carbocycles. The monoisotopic (exact) mass is 290 g/mol. The summed E-state index contributed by atoms with van der Waals surface area (Å²) in [6.07, 6.45) is 8.77. The molecule has 0 aromatic heterocycles. The fourth-order valence-electron chi connectivity index (χ4n) is 2.84. The van der Waals surface area contributed by atoms with Crippen LogP contribution in [0.4, 0.5) is 0 Å². The maximum atomic E-state index is 6.09. The molecule has 1 N–H and O–H groups in total. The number of hydrogen-bond donors (Lipinski definition) is 1. The van der Waals surface area contributed by atoms with E-state index in [-0.39, 0.29) is 0 Å². The van der Waals surface area contributed by atoms with E-state index in [1.165, 1.54) is 18.4 Å². The van der Waals surface area contributed by atoms with Crippen LogP contribution >= 0.6 is 11.6 Å². The highest BCUT2D eigenvalue weighted by atomic mass is 35.5. The molecule has 2 rings (SSSR count). The lowest BCUT2D eigenvalue weighted by Gasteiger charge is -2.33. The highest BCUT2D eigenvalue weighted by Crippen LogP contribution is 2.22. The van der Waals surface area contributed by atoms with Crippen molar-refractivity contribution < 1.29 is 0 Å². The van der Waals surface area contributed by atoms with E-state index in [2.05, 4.69) is 35.2 Å². The molecule has 0 amide bonds. The summed E-state index contributed by atoms with van der Waals surface area (Å²) in [6, 6.07) is 9.13. The molecule has 0 bridgehead atoms. The van der Waals surface area contributed by atoms with Crippen molar-refractivity contribution in [2.24, 2.45) is 0 Å². The standard InChI is InChI=1S/C17H23ClN2/c1-3-10-20-11-8-16(9-12-20)19-17(4-2)14-6-5-7-15(18)13-14/h1,5-7,13,16-17,19H,4,8-12H2,2H3. The number of hydrogen-bond acceptors (Lipinski definition) is 2. The van der Waals surface area contributed by atoms with Crippen LogP contribution in [0, 0.1) is 12.3 Å². The van der Waals surface area contributed by atoms with Gasteiger partial charge in [0.05, 0.1) is 6.54 Å². The number of terminal acetylenes is 1. The van der Waals surface area contributed by atoms with Crippen LogP contribution < -0.4 is 5.32 Å². The minimum atomic E-state index is 0.387. The van der Waals surface area contributed by atoms with Crippen molar-refractivity contribution in [2.45, 2.75) is 38.3 Å². The lowest BCUT2D eigenvalue weighted by Crippen LogP contribution is -2.43. The average molecular weight is 291 g/mol. The Bertz CT molecular complexity index is 458. The first-order valence-corrected chi connectivity index (χ1v) is 7.78. The lowest BCUT2D eigenvalue weighted by atomic mass is 9.99. The van der Waals surface area contributed by atoms with E-state index >= 15 is 0 Å². The molecule has 1 heterocycles. The first kappa shape index (κ1) is 15.4. The van der Waals surface area contributed by atoms with Gasteiger partial charge < -0.3 is 5.32 Å². The number of benzene rings is 1. The number of halogens is 1. The molecule has 0 aliphatic carbocycles. The fraction of sp³-hybridized carbons (Fsp3) is 0.529. The number of likely N-dealkylation sites (tertiary alicyclic amines) is 1. The van der Waals surface area contributed by atoms with Gasteiger partial charge in [0.15, 0.2) is 0 Å². The Morgan fingerprint density at radius 3 is 2.80 bits per heavy atom. The van der Waals surface area contributed by atoms with Crippen molar-refractivity contribution in [3.63, 3.8) is 0 Å². The van der Waals surface area contributed by atoms with Gasteiger partial charge in [-0.3, -0.25) is 4.90 Å². The SMILES string of the molecule is C#CCN1CCC(NC(CC)c2cccc(Cl)c2)CC1. The molecular formula is C17H23ClN2. The smallest absolute Gasteiger partial charge is 0.0598 e. The van der Waals surface area contributed by atoms with Crippen molar-refractivity contribution >= 4 is 11.6 Å². The third kappa shape index (κ3) is 4.24. The van der Waals surface area contributed by atoms with Crippen molar-refractivity contribution in [1.29, 1.82) is 0 Å². The number of piperidine rings is 1. The molecule has 1 aromatic carbocycles. The minimum Gasteiger partial charge on any atom is -0.307 e. The van der Waals surface area contributed by atoms with Gasteiger partial charge in [-0.15, -0.1) is 6.42 Å². The van der Waals surface area contributed by atoms with Gasteiger partial charge in [0.2, 0.25) is 0 Å². The van der Waals surface area contributed by atoms with Crippen molar-refractivity contribution in [2.75, 3.05) is 19.6 Å². The summed E-state index contributed by atoms with van der Waals surface area (Å²) in [5.41, 5.74) is 1.28.